The summed E-state index contributed by atoms with van der Waals surface area (Å²) in [6.07, 6.45) is 2.38. The van der Waals surface area contributed by atoms with Gasteiger partial charge in [-0.15, -0.1) is 0 Å². The third-order valence-electron chi connectivity index (χ3n) is 2.68. The number of hydrogen-bond acceptors (Lipinski definition) is 2. The van der Waals surface area contributed by atoms with Gasteiger partial charge in [0.15, 0.2) is 0 Å². The summed E-state index contributed by atoms with van der Waals surface area (Å²) in [5.41, 5.74) is 1.16. The molecule has 2 rings (SSSR count). The van der Waals surface area contributed by atoms with Crippen LogP contribution in [-0.4, -0.2) is 22.5 Å². The first-order valence-corrected chi connectivity index (χ1v) is 6.57. The topological polar surface area (TPSA) is 46.9 Å². The van der Waals surface area contributed by atoms with Crippen molar-refractivity contribution in [2.24, 2.45) is 0 Å². The largest absolute Gasteiger partial charge is 0.354 e. The van der Waals surface area contributed by atoms with E-state index >= 15 is 0 Å². The quantitative estimate of drug-likeness (QED) is 0.946. The van der Waals surface area contributed by atoms with Crippen LogP contribution in [0.15, 0.2) is 24.4 Å². The normalized spacial score (nSPS) is 10.5. The van der Waals surface area contributed by atoms with Crippen LogP contribution in [0.3, 0.4) is 0 Å². The number of benzene rings is 1. The number of rotatable bonds is 3. The number of imidazole rings is 1. The number of hydrogen-bond donors (Lipinski definition) is 1. The monoisotopic (exact) mass is 297 g/mol. The summed E-state index contributed by atoms with van der Waals surface area (Å²) in [5, 5.41) is 3.64. The van der Waals surface area contributed by atoms with Gasteiger partial charge in [0.25, 0.3) is 5.91 Å². The van der Waals surface area contributed by atoms with Gasteiger partial charge in [0, 0.05) is 35.4 Å². The molecule has 0 fully saturated rings. The molecule has 1 aromatic heterocycles. The van der Waals surface area contributed by atoms with Crippen molar-refractivity contribution in [3.05, 3.63) is 46.0 Å². The van der Waals surface area contributed by atoms with Crippen LogP contribution in [0.1, 0.15) is 23.2 Å². The van der Waals surface area contributed by atoms with Crippen LogP contribution in [-0.2, 0) is 6.42 Å². The van der Waals surface area contributed by atoms with E-state index in [9.17, 15) is 4.79 Å². The second kappa shape index (κ2) is 5.63. The molecule has 0 spiro atoms. The minimum absolute atomic E-state index is 0.221. The molecular formula is C13H13Cl2N3O. The molecule has 0 unspecified atom stereocenters. The molecule has 0 radical (unpaired) electrons. The van der Waals surface area contributed by atoms with Gasteiger partial charge in [-0.25, -0.2) is 4.98 Å². The van der Waals surface area contributed by atoms with Crippen molar-refractivity contribution in [2.75, 3.05) is 7.05 Å². The van der Waals surface area contributed by atoms with E-state index < -0.39 is 0 Å². The van der Waals surface area contributed by atoms with Crippen molar-refractivity contribution >= 4 is 29.1 Å². The van der Waals surface area contributed by atoms with Crippen molar-refractivity contribution < 1.29 is 4.79 Å². The number of nitrogens with one attached hydrogen (secondary N) is 1. The van der Waals surface area contributed by atoms with Crippen LogP contribution < -0.4 is 5.32 Å². The maximum absolute atomic E-state index is 11.6. The average molecular weight is 298 g/mol. The van der Waals surface area contributed by atoms with Crippen molar-refractivity contribution in [1.82, 2.24) is 14.9 Å². The molecule has 0 atom stereocenters. The lowest BCUT2D eigenvalue weighted by atomic mass is 10.3. The maximum atomic E-state index is 11.6. The third kappa shape index (κ3) is 2.91. The predicted molar refractivity (Wildman–Crippen MR) is 76.4 cm³/mol. The van der Waals surface area contributed by atoms with Crippen molar-refractivity contribution in [1.29, 1.82) is 0 Å². The van der Waals surface area contributed by atoms with Gasteiger partial charge in [0.2, 0.25) is 0 Å². The van der Waals surface area contributed by atoms with Gasteiger partial charge >= 0.3 is 0 Å². The van der Waals surface area contributed by atoms with Gasteiger partial charge in [-0.1, -0.05) is 30.1 Å². The van der Waals surface area contributed by atoms with Crippen LogP contribution in [0.4, 0.5) is 0 Å². The second-order valence-electron chi connectivity index (χ2n) is 3.97. The zero-order valence-corrected chi connectivity index (χ0v) is 12.1. The predicted octanol–water partition coefficient (Wildman–Crippen LogP) is 3.10. The van der Waals surface area contributed by atoms with E-state index in [4.69, 9.17) is 23.2 Å². The third-order valence-corrected chi connectivity index (χ3v) is 3.12. The SMILES string of the molecule is CCc1nc(C(=O)NC)cn1-c1cc(Cl)cc(Cl)c1. The van der Waals surface area contributed by atoms with Gasteiger partial charge in [0.05, 0.1) is 0 Å². The van der Waals surface area contributed by atoms with E-state index in [2.05, 4.69) is 10.3 Å². The Morgan fingerprint density at radius 2 is 1.95 bits per heavy atom. The Morgan fingerprint density at radius 1 is 1.32 bits per heavy atom. The fraction of sp³-hybridized carbons (Fsp3) is 0.231. The fourth-order valence-electron chi connectivity index (χ4n) is 1.81. The molecule has 0 saturated carbocycles. The van der Waals surface area contributed by atoms with Gasteiger partial charge in [-0.3, -0.25) is 4.79 Å². The first-order chi connectivity index (χ1) is 9.05. The first-order valence-electron chi connectivity index (χ1n) is 5.82. The number of carbonyl (C=O) groups excluding carboxylic acids is 1. The lowest BCUT2D eigenvalue weighted by molar-refractivity contribution is 0.0958. The molecule has 4 nitrogen and oxygen atoms in total. The number of aryl methyl sites for hydroxylation is 1. The highest BCUT2D eigenvalue weighted by molar-refractivity contribution is 6.34. The van der Waals surface area contributed by atoms with Crippen molar-refractivity contribution in [3.8, 4) is 5.69 Å². The Balaban J connectivity index is 2.54. The highest BCUT2D eigenvalue weighted by Gasteiger charge is 2.13. The highest BCUT2D eigenvalue weighted by Crippen LogP contribution is 2.23. The molecule has 100 valence electrons. The van der Waals surface area contributed by atoms with E-state index in [0.29, 0.717) is 22.2 Å². The van der Waals surface area contributed by atoms with E-state index in [0.717, 1.165) is 11.5 Å². The number of nitrogens with zero attached hydrogens (tertiary/aromatic N) is 2. The Hall–Kier alpha value is -1.52. The first kappa shape index (κ1) is 13.9. The molecule has 0 aliphatic rings. The molecule has 19 heavy (non-hydrogen) atoms. The smallest absolute Gasteiger partial charge is 0.271 e. The lowest BCUT2D eigenvalue weighted by Crippen LogP contribution is -2.18. The summed E-state index contributed by atoms with van der Waals surface area (Å²) in [6.45, 7) is 1.97. The number of amides is 1. The van der Waals surface area contributed by atoms with Gasteiger partial charge in [-0.2, -0.15) is 0 Å². The zero-order chi connectivity index (χ0) is 14.0. The molecule has 1 amide bonds. The number of halogens is 2. The standard InChI is InChI=1S/C13H13Cl2N3O/c1-3-12-17-11(13(19)16-2)7-18(12)10-5-8(14)4-9(15)6-10/h4-7H,3H2,1-2H3,(H,16,19). The van der Waals surface area contributed by atoms with Crippen LogP contribution in [0.2, 0.25) is 10.0 Å². The zero-order valence-electron chi connectivity index (χ0n) is 10.6. The number of carbonyl (C=O) groups is 1. The molecule has 0 bridgehead atoms. The van der Waals surface area contributed by atoms with Crippen LogP contribution in [0.5, 0.6) is 0 Å². The van der Waals surface area contributed by atoms with Gasteiger partial charge < -0.3 is 9.88 Å². The van der Waals surface area contributed by atoms with E-state index in [1.807, 2.05) is 11.5 Å². The average Bonchev–Trinajstić information content (AvgIpc) is 2.80. The summed E-state index contributed by atoms with van der Waals surface area (Å²) in [7, 11) is 1.57. The van der Waals surface area contributed by atoms with Crippen molar-refractivity contribution in [2.45, 2.75) is 13.3 Å². The summed E-state index contributed by atoms with van der Waals surface area (Å²) in [4.78, 5) is 15.9. The minimum Gasteiger partial charge on any atom is -0.354 e. The molecule has 0 aliphatic heterocycles. The molecular weight excluding hydrogens is 285 g/mol. The summed E-state index contributed by atoms with van der Waals surface area (Å²) in [6, 6.07) is 5.22. The Kier molecular flexibility index (Phi) is 4.12. The summed E-state index contributed by atoms with van der Waals surface area (Å²) < 4.78 is 1.82. The summed E-state index contributed by atoms with van der Waals surface area (Å²) in [5.74, 6) is 0.554. The molecule has 0 saturated heterocycles. The highest BCUT2D eigenvalue weighted by atomic mass is 35.5. The molecule has 6 heteroatoms. The molecule has 1 N–H and O–H groups in total. The molecule has 2 aromatic rings. The van der Waals surface area contributed by atoms with E-state index in [1.54, 1.807) is 31.4 Å². The number of aromatic nitrogens is 2. The van der Waals surface area contributed by atoms with Gasteiger partial charge in [0.1, 0.15) is 11.5 Å². The fourth-order valence-corrected chi connectivity index (χ4v) is 2.32. The molecule has 1 heterocycles. The van der Waals surface area contributed by atoms with Crippen LogP contribution in [0.25, 0.3) is 5.69 Å². The second-order valence-corrected chi connectivity index (χ2v) is 4.85. The summed E-state index contributed by atoms with van der Waals surface area (Å²) >= 11 is 12.0. The lowest BCUT2D eigenvalue weighted by Gasteiger charge is -2.07. The Bertz CT molecular complexity index is 602. The maximum Gasteiger partial charge on any atom is 0.271 e. The molecule has 1 aromatic carbocycles. The Labute approximate surface area is 121 Å². The molecule has 0 aliphatic carbocycles. The van der Waals surface area contributed by atoms with E-state index in [1.165, 1.54) is 0 Å². The van der Waals surface area contributed by atoms with Crippen molar-refractivity contribution in [3.63, 3.8) is 0 Å². The Morgan fingerprint density at radius 3 is 2.47 bits per heavy atom. The van der Waals surface area contributed by atoms with Crippen LogP contribution in [0, 0.1) is 0 Å². The van der Waals surface area contributed by atoms with Crippen LogP contribution >= 0.6 is 23.2 Å². The minimum atomic E-state index is -0.221. The van der Waals surface area contributed by atoms with Gasteiger partial charge in [-0.05, 0) is 18.2 Å². The van der Waals surface area contributed by atoms with E-state index in [-0.39, 0.29) is 5.91 Å².